The van der Waals surface area contributed by atoms with Gasteiger partial charge in [-0.1, -0.05) is 0 Å². The van der Waals surface area contributed by atoms with Crippen molar-refractivity contribution in [3.63, 3.8) is 0 Å². The van der Waals surface area contributed by atoms with Gasteiger partial charge in [0.2, 0.25) is 0 Å². The molecule has 0 radical (unpaired) electrons. The molecule has 0 aliphatic rings. The Hall–Kier alpha value is -2.51. The molecule has 2 N–H and O–H groups in total. The number of hydrogen-bond acceptors (Lipinski definition) is 4. The zero-order valence-corrected chi connectivity index (χ0v) is 9.36. The van der Waals surface area contributed by atoms with E-state index < -0.39 is 6.36 Å². The molecule has 1 aromatic heterocycles. The van der Waals surface area contributed by atoms with Crippen LogP contribution in [0, 0.1) is 0 Å². The van der Waals surface area contributed by atoms with E-state index in [2.05, 4.69) is 20.0 Å². The lowest BCUT2D eigenvalue weighted by atomic mass is 10.3. The van der Waals surface area contributed by atoms with Crippen LogP contribution in [-0.2, 0) is 0 Å². The number of ether oxygens (including phenoxy) is 1. The molecule has 0 aliphatic carbocycles. The van der Waals surface area contributed by atoms with Gasteiger partial charge in [0, 0.05) is 5.69 Å². The van der Waals surface area contributed by atoms with E-state index in [-0.39, 0.29) is 11.3 Å². The first-order chi connectivity index (χ1) is 8.92. The molecule has 0 amide bonds. The Bertz CT molecular complexity index is 608. The minimum absolute atomic E-state index is 0.322. The molecule has 0 aliphatic heterocycles. The highest BCUT2D eigenvalue weighted by atomic mass is 19.4. The van der Waals surface area contributed by atoms with Crippen molar-refractivity contribution in [1.29, 1.82) is 0 Å². The summed E-state index contributed by atoms with van der Waals surface area (Å²) in [6.45, 7) is 0. The molecular formula is C11H8F3N3O2. The fourth-order valence-electron chi connectivity index (χ4n) is 1.34. The maximum absolute atomic E-state index is 11.9. The third-order valence-electron chi connectivity index (χ3n) is 2.02. The molecule has 0 bridgehead atoms. The number of alkyl halides is 3. The number of nitrogens with one attached hydrogen (secondary N) is 2. The summed E-state index contributed by atoms with van der Waals surface area (Å²) in [6, 6.07) is 5.08. The third kappa shape index (κ3) is 4.02. The highest BCUT2D eigenvalue weighted by Gasteiger charge is 2.30. The summed E-state index contributed by atoms with van der Waals surface area (Å²) >= 11 is 0. The van der Waals surface area contributed by atoms with Gasteiger partial charge < -0.3 is 15.0 Å². The molecule has 2 aromatic rings. The average molecular weight is 271 g/mol. The zero-order valence-electron chi connectivity index (χ0n) is 9.36. The normalized spacial score (nSPS) is 11.1. The average Bonchev–Trinajstić information content (AvgIpc) is 2.30. The summed E-state index contributed by atoms with van der Waals surface area (Å²) < 4.78 is 39.6. The Balaban J connectivity index is 2.09. The van der Waals surface area contributed by atoms with Gasteiger partial charge in [0.1, 0.15) is 11.6 Å². The monoisotopic (exact) mass is 271 g/mol. The van der Waals surface area contributed by atoms with Crippen LogP contribution in [0.5, 0.6) is 5.75 Å². The summed E-state index contributed by atoms with van der Waals surface area (Å²) in [5.74, 6) is 0.00900. The van der Waals surface area contributed by atoms with E-state index in [1.165, 1.54) is 18.3 Å². The van der Waals surface area contributed by atoms with Crippen molar-refractivity contribution in [1.82, 2.24) is 9.97 Å². The summed E-state index contributed by atoms with van der Waals surface area (Å²) in [6.07, 6.45) is -2.24. The number of rotatable bonds is 3. The molecule has 0 saturated carbocycles. The number of hydrogen-bond donors (Lipinski definition) is 2. The highest BCUT2D eigenvalue weighted by Crippen LogP contribution is 2.24. The molecule has 100 valence electrons. The minimum Gasteiger partial charge on any atom is -0.406 e. The van der Waals surface area contributed by atoms with E-state index in [4.69, 9.17) is 0 Å². The summed E-state index contributed by atoms with van der Waals surface area (Å²) in [7, 11) is 0. The second-order valence-corrected chi connectivity index (χ2v) is 3.51. The molecule has 0 saturated heterocycles. The van der Waals surface area contributed by atoms with Crippen LogP contribution in [0.2, 0.25) is 0 Å². The van der Waals surface area contributed by atoms with Gasteiger partial charge in [-0.2, -0.15) is 0 Å². The van der Waals surface area contributed by atoms with E-state index in [9.17, 15) is 18.0 Å². The molecule has 1 heterocycles. The van der Waals surface area contributed by atoms with Crippen molar-refractivity contribution < 1.29 is 17.9 Å². The van der Waals surface area contributed by atoms with Gasteiger partial charge >= 0.3 is 6.36 Å². The van der Waals surface area contributed by atoms with Crippen LogP contribution >= 0.6 is 0 Å². The number of nitrogens with zero attached hydrogens (tertiary/aromatic N) is 1. The van der Waals surface area contributed by atoms with Crippen molar-refractivity contribution in [2.24, 2.45) is 0 Å². The van der Waals surface area contributed by atoms with Crippen LogP contribution in [0.15, 0.2) is 41.5 Å². The van der Waals surface area contributed by atoms with Crippen molar-refractivity contribution in [3.05, 3.63) is 47.0 Å². The van der Waals surface area contributed by atoms with E-state index in [0.29, 0.717) is 11.5 Å². The van der Waals surface area contributed by atoms with Crippen LogP contribution in [-0.4, -0.2) is 16.3 Å². The number of aromatic nitrogens is 2. The smallest absolute Gasteiger partial charge is 0.406 e. The number of halogens is 3. The zero-order chi connectivity index (χ0) is 13.9. The molecule has 0 fully saturated rings. The maximum Gasteiger partial charge on any atom is 0.573 e. The largest absolute Gasteiger partial charge is 0.573 e. The van der Waals surface area contributed by atoms with Crippen molar-refractivity contribution in [3.8, 4) is 5.75 Å². The van der Waals surface area contributed by atoms with Crippen molar-refractivity contribution in [2.45, 2.75) is 6.36 Å². The summed E-state index contributed by atoms with van der Waals surface area (Å²) in [5.41, 5.74) is 0.0974. The fourth-order valence-corrected chi connectivity index (χ4v) is 1.34. The lowest BCUT2D eigenvalue weighted by Gasteiger charge is -2.10. The molecular weight excluding hydrogens is 263 g/mol. The van der Waals surface area contributed by atoms with Gasteiger partial charge in [-0.05, 0) is 24.3 Å². The first kappa shape index (κ1) is 12.9. The Morgan fingerprint density at radius 3 is 2.42 bits per heavy atom. The molecule has 19 heavy (non-hydrogen) atoms. The Kier molecular flexibility index (Phi) is 3.41. The molecule has 2 rings (SSSR count). The molecule has 1 aromatic carbocycles. The second kappa shape index (κ2) is 5.01. The van der Waals surface area contributed by atoms with E-state index in [1.807, 2.05) is 0 Å². The number of aromatic amines is 1. The summed E-state index contributed by atoms with van der Waals surface area (Å²) in [5, 5.41) is 2.78. The van der Waals surface area contributed by atoms with Gasteiger partial charge in [0.05, 0.1) is 12.4 Å². The standard InChI is InChI=1S/C11H8F3N3O2/c12-11(13,14)19-8-3-1-7(2-4-8)16-9-5-15-6-10(18)17-9/h1-6H,(H2,16,17,18). The van der Waals surface area contributed by atoms with Crippen LogP contribution in [0.1, 0.15) is 0 Å². The molecule has 0 atom stereocenters. The van der Waals surface area contributed by atoms with Crippen LogP contribution in [0.25, 0.3) is 0 Å². The molecule has 5 nitrogen and oxygen atoms in total. The molecule has 0 spiro atoms. The quantitative estimate of drug-likeness (QED) is 0.899. The van der Waals surface area contributed by atoms with Crippen molar-refractivity contribution in [2.75, 3.05) is 5.32 Å². The lowest BCUT2D eigenvalue weighted by Crippen LogP contribution is -2.17. The maximum atomic E-state index is 11.9. The Morgan fingerprint density at radius 2 is 1.84 bits per heavy atom. The highest BCUT2D eigenvalue weighted by molar-refractivity contribution is 5.56. The molecule has 0 unspecified atom stereocenters. The minimum atomic E-state index is -4.72. The Labute approximate surface area is 105 Å². The van der Waals surface area contributed by atoms with E-state index in [0.717, 1.165) is 18.3 Å². The van der Waals surface area contributed by atoms with Gasteiger partial charge in [0.25, 0.3) is 5.56 Å². The van der Waals surface area contributed by atoms with Gasteiger partial charge in [0.15, 0.2) is 0 Å². The van der Waals surface area contributed by atoms with Crippen LogP contribution in [0.3, 0.4) is 0 Å². The SMILES string of the molecule is O=c1cncc(Nc2ccc(OC(F)(F)F)cc2)[nH]1. The number of H-pyrrole nitrogens is 1. The lowest BCUT2D eigenvalue weighted by molar-refractivity contribution is -0.274. The summed E-state index contributed by atoms with van der Waals surface area (Å²) in [4.78, 5) is 17.1. The van der Waals surface area contributed by atoms with Gasteiger partial charge in [-0.25, -0.2) is 0 Å². The van der Waals surface area contributed by atoms with E-state index >= 15 is 0 Å². The van der Waals surface area contributed by atoms with Gasteiger partial charge in [-0.3, -0.25) is 9.78 Å². The molecule has 8 heteroatoms. The first-order valence-corrected chi connectivity index (χ1v) is 5.09. The topological polar surface area (TPSA) is 67.0 Å². The number of anilines is 2. The third-order valence-corrected chi connectivity index (χ3v) is 2.02. The van der Waals surface area contributed by atoms with Crippen LogP contribution in [0.4, 0.5) is 24.7 Å². The van der Waals surface area contributed by atoms with E-state index in [1.54, 1.807) is 0 Å². The van der Waals surface area contributed by atoms with Crippen molar-refractivity contribution >= 4 is 11.5 Å². The first-order valence-electron chi connectivity index (χ1n) is 5.09. The van der Waals surface area contributed by atoms with Gasteiger partial charge in [-0.15, -0.1) is 13.2 Å². The second-order valence-electron chi connectivity index (χ2n) is 3.51. The predicted molar refractivity (Wildman–Crippen MR) is 61.3 cm³/mol. The fraction of sp³-hybridized carbons (Fsp3) is 0.0909. The van der Waals surface area contributed by atoms with Crippen LogP contribution < -0.4 is 15.6 Å². The Morgan fingerprint density at radius 1 is 1.16 bits per heavy atom. The predicted octanol–water partition coefficient (Wildman–Crippen LogP) is 2.41. The number of benzene rings is 1.